The summed E-state index contributed by atoms with van der Waals surface area (Å²) >= 11 is 0. The molecule has 1 saturated carbocycles. The van der Waals surface area contributed by atoms with E-state index in [-0.39, 0.29) is 5.92 Å². The molecule has 1 saturated heterocycles. The van der Waals surface area contributed by atoms with Gasteiger partial charge < -0.3 is 15.5 Å². The first-order chi connectivity index (χ1) is 5.23. The summed E-state index contributed by atoms with van der Waals surface area (Å²) in [6, 6.07) is 0. The molecule has 3 nitrogen and oxygen atoms in total. The van der Waals surface area contributed by atoms with Crippen LogP contribution in [-0.4, -0.2) is 35.0 Å². The molecule has 1 heterocycles. The zero-order valence-electron chi connectivity index (χ0n) is 6.58. The van der Waals surface area contributed by atoms with E-state index in [9.17, 15) is 10.2 Å². The maximum Gasteiger partial charge on any atom is 0.107 e. The third-order valence-corrected chi connectivity index (χ3v) is 3.11. The molecule has 0 aromatic rings. The van der Waals surface area contributed by atoms with E-state index in [0.717, 1.165) is 25.8 Å². The number of nitrogens with one attached hydrogen (secondary N) is 1. The van der Waals surface area contributed by atoms with Crippen LogP contribution in [0.2, 0.25) is 0 Å². The predicted octanol–water partition coefficient (Wildman–Crippen LogP) is -0.518. The topological polar surface area (TPSA) is 52.5 Å². The SMILES string of the molecule is OC1CCCC2CNCC12O. The summed E-state index contributed by atoms with van der Waals surface area (Å²) in [6.07, 6.45) is 2.36. The lowest BCUT2D eigenvalue weighted by Crippen LogP contribution is -2.51. The van der Waals surface area contributed by atoms with Crippen molar-refractivity contribution in [3.8, 4) is 0 Å². The Labute approximate surface area is 66.4 Å². The van der Waals surface area contributed by atoms with Gasteiger partial charge in [-0.1, -0.05) is 6.42 Å². The van der Waals surface area contributed by atoms with Gasteiger partial charge in [0.15, 0.2) is 0 Å². The van der Waals surface area contributed by atoms with Gasteiger partial charge in [-0.05, 0) is 12.8 Å². The van der Waals surface area contributed by atoms with Gasteiger partial charge in [-0.25, -0.2) is 0 Å². The first-order valence-corrected chi connectivity index (χ1v) is 4.34. The molecule has 1 aliphatic carbocycles. The molecule has 0 radical (unpaired) electrons. The van der Waals surface area contributed by atoms with Crippen LogP contribution in [0, 0.1) is 5.92 Å². The van der Waals surface area contributed by atoms with Crippen LogP contribution in [0.4, 0.5) is 0 Å². The van der Waals surface area contributed by atoms with Gasteiger partial charge in [-0.2, -0.15) is 0 Å². The summed E-state index contributed by atoms with van der Waals surface area (Å²) in [7, 11) is 0. The molecule has 2 fully saturated rings. The van der Waals surface area contributed by atoms with Gasteiger partial charge in [0.1, 0.15) is 5.60 Å². The molecule has 2 aliphatic rings. The Balaban J connectivity index is 2.17. The van der Waals surface area contributed by atoms with Crippen molar-refractivity contribution >= 4 is 0 Å². The van der Waals surface area contributed by atoms with Crippen LogP contribution in [-0.2, 0) is 0 Å². The molecule has 1 aliphatic heterocycles. The summed E-state index contributed by atoms with van der Waals surface area (Å²) < 4.78 is 0. The zero-order chi connectivity index (χ0) is 7.90. The maximum atomic E-state index is 9.97. The van der Waals surface area contributed by atoms with Crippen LogP contribution in [0.3, 0.4) is 0 Å². The van der Waals surface area contributed by atoms with Crippen LogP contribution < -0.4 is 5.32 Å². The van der Waals surface area contributed by atoms with Gasteiger partial charge in [-0.15, -0.1) is 0 Å². The highest BCUT2D eigenvalue weighted by Crippen LogP contribution is 2.36. The molecule has 0 spiro atoms. The number of fused-ring (bicyclic) bond motifs is 1. The second kappa shape index (κ2) is 2.44. The first kappa shape index (κ1) is 7.53. The van der Waals surface area contributed by atoms with Gasteiger partial charge in [0.25, 0.3) is 0 Å². The third-order valence-electron chi connectivity index (χ3n) is 3.11. The molecule has 0 amide bonds. The van der Waals surface area contributed by atoms with Gasteiger partial charge >= 0.3 is 0 Å². The largest absolute Gasteiger partial charge is 0.390 e. The first-order valence-electron chi connectivity index (χ1n) is 4.34. The van der Waals surface area contributed by atoms with Gasteiger partial charge in [0.2, 0.25) is 0 Å². The molecule has 3 atom stereocenters. The molecular weight excluding hydrogens is 142 g/mol. The average molecular weight is 157 g/mol. The summed E-state index contributed by atoms with van der Waals surface area (Å²) in [5.74, 6) is 0.284. The molecule has 3 N–H and O–H groups in total. The fourth-order valence-corrected chi connectivity index (χ4v) is 2.32. The van der Waals surface area contributed by atoms with E-state index >= 15 is 0 Å². The highest BCUT2D eigenvalue weighted by Gasteiger charge is 2.48. The normalized spacial score (nSPS) is 50.7. The highest BCUT2D eigenvalue weighted by atomic mass is 16.3. The van der Waals surface area contributed by atoms with E-state index in [1.54, 1.807) is 0 Å². The molecule has 64 valence electrons. The predicted molar refractivity (Wildman–Crippen MR) is 41.2 cm³/mol. The van der Waals surface area contributed by atoms with Crippen molar-refractivity contribution < 1.29 is 10.2 Å². The van der Waals surface area contributed by atoms with E-state index < -0.39 is 11.7 Å². The number of hydrogen-bond acceptors (Lipinski definition) is 3. The Hall–Kier alpha value is -0.120. The molecule has 3 unspecified atom stereocenters. The van der Waals surface area contributed by atoms with Crippen LogP contribution >= 0.6 is 0 Å². The number of aliphatic hydroxyl groups is 2. The zero-order valence-corrected chi connectivity index (χ0v) is 6.58. The van der Waals surface area contributed by atoms with Crippen molar-refractivity contribution in [1.29, 1.82) is 0 Å². The Kier molecular flexibility index (Phi) is 1.67. The third kappa shape index (κ3) is 0.991. The summed E-state index contributed by atoms with van der Waals surface area (Å²) in [6.45, 7) is 1.44. The monoisotopic (exact) mass is 157 g/mol. The maximum absolute atomic E-state index is 9.97. The van der Waals surface area contributed by atoms with E-state index in [1.807, 2.05) is 0 Å². The van der Waals surface area contributed by atoms with Crippen molar-refractivity contribution in [2.75, 3.05) is 13.1 Å². The number of aliphatic hydroxyl groups excluding tert-OH is 1. The van der Waals surface area contributed by atoms with Crippen LogP contribution in [0.5, 0.6) is 0 Å². The number of hydrogen-bond donors (Lipinski definition) is 3. The van der Waals surface area contributed by atoms with Crippen molar-refractivity contribution in [1.82, 2.24) is 5.32 Å². The number of rotatable bonds is 0. The van der Waals surface area contributed by atoms with Crippen LogP contribution in [0.25, 0.3) is 0 Å². The van der Waals surface area contributed by atoms with Gasteiger partial charge in [-0.3, -0.25) is 0 Å². The molecule has 3 heteroatoms. The minimum absolute atomic E-state index is 0.284. The standard InChI is InChI=1S/C8H15NO2/c10-7-3-1-2-6-4-9-5-8(6,7)11/h6-7,9-11H,1-5H2. The van der Waals surface area contributed by atoms with Crippen LogP contribution in [0.15, 0.2) is 0 Å². The second-order valence-electron chi connectivity index (χ2n) is 3.77. The lowest BCUT2D eigenvalue weighted by Gasteiger charge is -2.38. The Morgan fingerprint density at radius 2 is 2.18 bits per heavy atom. The summed E-state index contributed by atoms with van der Waals surface area (Å²) in [5, 5.41) is 22.6. The van der Waals surface area contributed by atoms with E-state index in [2.05, 4.69) is 5.32 Å². The molecule has 0 aromatic heterocycles. The van der Waals surface area contributed by atoms with E-state index in [0.29, 0.717) is 6.54 Å². The average Bonchev–Trinajstić information content (AvgIpc) is 2.34. The van der Waals surface area contributed by atoms with E-state index in [1.165, 1.54) is 0 Å². The summed E-state index contributed by atoms with van der Waals surface area (Å²) in [4.78, 5) is 0. The highest BCUT2D eigenvalue weighted by molar-refractivity contribution is 5.02. The van der Waals surface area contributed by atoms with Crippen molar-refractivity contribution in [2.24, 2.45) is 5.92 Å². The van der Waals surface area contributed by atoms with E-state index in [4.69, 9.17) is 0 Å². The van der Waals surface area contributed by atoms with Crippen molar-refractivity contribution in [3.63, 3.8) is 0 Å². The Morgan fingerprint density at radius 1 is 1.36 bits per heavy atom. The fourth-order valence-electron chi connectivity index (χ4n) is 2.32. The Morgan fingerprint density at radius 3 is 2.91 bits per heavy atom. The van der Waals surface area contributed by atoms with Gasteiger partial charge in [0.05, 0.1) is 6.10 Å². The fraction of sp³-hybridized carbons (Fsp3) is 1.00. The van der Waals surface area contributed by atoms with Gasteiger partial charge in [0, 0.05) is 19.0 Å². The minimum atomic E-state index is -0.807. The molecule has 0 bridgehead atoms. The molecule has 0 aromatic carbocycles. The van der Waals surface area contributed by atoms with Crippen molar-refractivity contribution in [2.45, 2.75) is 31.0 Å². The Bertz CT molecular complexity index is 162. The quantitative estimate of drug-likeness (QED) is 0.443. The van der Waals surface area contributed by atoms with Crippen LogP contribution in [0.1, 0.15) is 19.3 Å². The van der Waals surface area contributed by atoms with Crippen molar-refractivity contribution in [3.05, 3.63) is 0 Å². The lowest BCUT2D eigenvalue weighted by atomic mass is 9.76. The molecular formula is C8H15NO2. The summed E-state index contributed by atoms with van der Waals surface area (Å²) in [5.41, 5.74) is -0.807. The minimum Gasteiger partial charge on any atom is -0.390 e. The lowest BCUT2D eigenvalue weighted by molar-refractivity contribution is -0.111. The molecule has 11 heavy (non-hydrogen) atoms. The molecule has 2 rings (SSSR count). The number of β-amino-alcohol motifs (C(OH)–C–C–N with tert-alkyl or cyclic N) is 1. The smallest absolute Gasteiger partial charge is 0.107 e. The second-order valence-corrected chi connectivity index (χ2v) is 3.77.